The fourth-order valence-corrected chi connectivity index (χ4v) is 7.54. The zero-order valence-electron chi connectivity index (χ0n) is 16.5. The highest BCUT2D eigenvalue weighted by molar-refractivity contribution is 7.95. The molecule has 0 N–H and O–H groups in total. The number of allylic oxidation sites excluding steroid dienone is 1. The van der Waals surface area contributed by atoms with Crippen LogP contribution in [-0.4, -0.2) is 26.4 Å². The standard InChI is InChI=1S/C24H24O3P.BrH/c1-26-20(18-24(25)27-2)19-28(21-12-6-3-7-13-21,22-14-8-4-9-15-22)23-16-10-5-11-17-23;/h3-18H,19H2,1-2H3;1H/q+1;/p-1/b20-18+;. The van der Waals surface area contributed by atoms with Crippen molar-refractivity contribution in [2.45, 2.75) is 0 Å². The van der Waals surface area contributed by atoms with Gasteiger partial charge in [-0.05, 0) is 36.4 Å². The molecule has 0 aliphatic carbocycles. The molecule has 0 spiro atoms. The van der Waals surface area contributed by atoms with Gasteiger partial charge in [0.15, 0.2) is 0 Å². The lowest BCUT2D eigenvalue weighted by Crippen LogP contribution is -3.00. The van der Waals surface area contributed by atoms with Crippen LogP contribution in [0.4, 0.5) is 0 Å². The molecule has 0 bridgehead atoms. The minimum absolute atomic E-state index is 0. The molecule has 0 heterocycles. The first-order chi connectivity index (χ1) is 13.7. The maximum absolute atomic E-state index is 11.9. The highest BCUT2D eigenvalue weighted by Gasteiger charge is 2.46. The number of carbonyl (C=O) groups is 1. The fraction of sp³-hybridized carbons (Fsp3) is 0.125. The Kier molecular flexibility index (Phi) is 8.63. The van der Waals surface area contributed by atoms with Crippen molar-refractivity contribution in [2.24, 2.45) is 0 Å². The Bertz CT molecular complexity index is 831. The van der Waals surface area contributed by atoms with Crippen LogP contribution in [0.15, 0.2) is 103 Å². The van der Waals surface area contributed by atoms with Gasteiger partial charge in [-0.15, -0.1) is 0 Å². The Morgan fingerprint density at radius 2 is 1.10 bits per heavy atom. The summed E-state index contributed by atoms with van der Waals surface area (Å²) in [5.74, 6) is 0.195. The van der Waals surface area contributed by atoms with Crippen LogP contribution in [0, 0.1) is 0 Å². The minimum Gasteiger partial charge on any atom is -1.00 e. The molecule has 0 unspecified atom stereocenters. The molecule has 0 aromatic heterocycles. The van der Waals surface area contributed by atoms with Gasteiger partial charge in [0.1, 0.15) is 35.1 Å². The van der Waals surface area contributed by atoms with Gasteiger partial charge in [0, 0.05) is 0 Å². The number of hydrogen-bond acceptors (Lipinski definition) is 3. The van der Waals surface area contributed by atoms with Crippen LogP contribution in [0.3, 0.4) is 0 Å². The Hall–Kier alpha value is -2.42. The molecular formula is C24H24BrO3P. The van der Waals surface area contributed by atoms with Crippen LogP contribution in [-0.2, 0) is 14.3 Å². The maximum atomic E-state index is 11.9. The lowest BCUT2D eigenvalue weighted by molar-refractivity contribution is -0.135. The topological polar surface area (TPSA) is 35.5 Å². The summed E-state index contributed by atoms with van der Waals surface area (Å²) in [4.78, 5) is 11.9. The highest BCUT2D eigenvalue weighted by atomic mass is 79.9. The predicted octanol–water partition coefficient (Wildman–Crippen LogP) is 0.688. The first-order valence-corrected chi connectivity index (χ1v) is 11.1. The van der Waals surface area contributed by atoms with Crippen LogP contribution < -0.4 is 32.9 Å². The number of carbonyl (C=O) groups excluding carboxylic acids is 1. The van der Waals surface area contributed by atoms with E-state index in [0.717, 1.165) is 0 Å². The summed E-state index contributed by atoms with van der Waals surface area (Å²) in [6.07, 6.45) is 2.04. The quantitative estimate of drug-likeness (QED) is 0.220. The van der Waals surface area contributed by atoms with E-state index in [9.17, 15) is 4.79 Å². The summed E-state index contributed by atoms with van der Waals surface area (Å²) in [6, 6.07) is 31.4. The number of halogens is 1. The summed E-state index contributed by atoms with van der Waals surface area (Å²) in [7, 11) is 0.883. The van der Waals surface area contributed by atoms with Gasteiger partial charge in [-0.3, -0.25) is 0 Å². The van der Waals surface area contributed by atoms with Gasteiger partial charge in [-0.1, -0.05) is 54.6 Å². The molecule has 0 saturated heterocycles. The number of methoxy groups -OCH3 is 2. The molecular weight excluding hydrogens is 447 g/mol. The van der Waals surface area contributed by atoms with Crippen molar-refractivity contribution in [3.8, 4) is 0 Å². The average Bonchev–Trinajstić information content (AvgIpc) is 2.78. The van der Waals surface area contributed by atoms with Crippen LogP contribution >= 0.6 is 7.26 Å². The van der Waals surface area contributed by atoms with Crippen molar-refractivity contribution in [3.05, 3.63) is 103 Å². The molecule has 0 amide bonds. The second kappa shape index (κ2) is 10.9. The Balaban J connectivity index is 0.00000300. The zero-order valence-corrected chi connectivity index (χ0v) is 19.0. The molecule has 0 saturated carbocycles. The maximum Gasteiger partial charge on any atom is 0.334 e. The van der Waals surface area contributed by atoms with Gasteiger partial charge in [-0.2, -0.15) is 0 Å². The van der Waals surface area contributed by atoms with E-state index in [1.165, 1.54) is 29.1 Å². The van der Waals surface area contributed by atoms with E-state index in [0.29, 0.717) is 11.9 Å². The van der Waals surface area contributed by atoms with Crippen molar-refractivity contribution in [3.63, 3.8) is 0 Å². The van der Waals surface area contributed by atoms with Crippen LogP contribution in [0.1, 0.15) is 0 Å². The van der Waals surface area contributed by atoms with Crippen LogP contribution in [0.5, 0.6) is 0 Å². The molecule has 3 aromatic rings. The first-order valence-electron chi connectivity index (χ1n) is 9.08. The van der Waals surface area contributed by atoms with E-state index in [4.69, 9.17) is 9.47 Å². The number of esters is 1. The van der Waals surface area contributed by atoms with E-state index in [-0.39, 0.29) is 17.0 Å². The van der Waals surface area contributed by atoms with E-state index >= 15 is 0 Å². The van der Waals surface area contributed by atoms with Gasteiger partial charge >= 0.3 is 5.97 Å². The second-order valence-corrected chi connectivity index (χ2v) is 9.80. The molecule has 0 atom stereocenters. The minimum atomic E-state index is -2.09. The fourth-order valence-electron chi connectivity index (χ4n) is 3.36. The van der Waals surface area contributed by atoms with Gasteiger partial charge in [0.2, 0.25) is 0 Å². The Morgan fingerprint density at radius 3 is 1.41 bits per heavy atom. The smallest absolute Gasteiger partial charge is 0.334 e. The molecule has 3 aromatic carbocycles. The van der Waals surface area contributed by atoms with E-state index in [2.05, 4.69) is 72.8 Å². The molecule has 0 radical (unpaired) electrons. The van der Waals surface area contributed by atoms with Gasteiger partial charge < -0.3 is 26.5 Å². The number of rotatable bonds is 7. The normalized spacial score (nSPS) is 11.3. The van der Waals surface area contributed by atoms with Gasteiger partial charge in [0.25, 0.3) is 0 Å². The molecule has 0 fully saturated rings. The van der Waals surface area contributed by atoms with Crippen molar-refractivity contribution >= 4 is 29.1 Å². The lowest BCUT2D eigenvalue weighted by atomic mass is 10.3. The van der Waals surface area contributed by atoms with Gasteiger partial charge in [0.05, 0.1) is 20.3 Å². The van der Waals surface area contributed by atoms with E-state index < -0.39 is 13.2 Å². The molecule has 0 aliphatic heterocycles. The summed E-state index contributed by atoms with van der Waals surface area (Å²) >= 11 is 0. The summed E-state index contributed by atoms with van der Waals surface area (Å²) in [5, 5.41) is 3.71. The third-order valence-electron chi connectivity index (χ3n) is 4.73. The lowest BCUT2D eigenvalue weighted by Gasteiger charge is -2.28. The third kappa shape index (κ3) is 5.14. The third-order valence-corrected chi connectivity index (χ3v) is 9.05. The van der Waals surface area contributed by atoms with Crippen LogP contribution in [0.2, 0.25) is 0 Å². The SMILES string of the molecule is COC(=O)/C=C(\C[P+](c1ccccc1)(c1ccccc1)c1ccccc1)OC.[Br-]. The monoisotopic (exact) mass is 470 g/mol. The Morgan fingerprint density at radius 1 is 0.724 bits per heavy atom. The predicted molar refractivity (Wildman–Crippen MR) is 117 cm³/mol. The number of hydrogen-bond donors (Lipinski definition) is 0. The summed E-state index contributed by atoms with van der Waals surface area (Å²) in [6.45, 7) is 0. The summed E-state index contributed by atoms with van der Waals surface area (Å²) in [5.41, 5.74) is 0. The number of benzene rings is 3. The average molecular weight is 471 g/mol. The zero-order chi connectivity index (χ0) is 19.8. The second-order valence-electron chi connectivity index (χ2n) is 6.31. The first kappa shape index (κ1) is 22.9. The molecule has 3 rings (SSSR count). The molecule has 0 aliphatic rings. The van der Waals surface area contributed by atoms with Crippen molar-refractivity contribution < 1.29 is 31.2 Å². The Labute approximate surface area is 183 Å². The highest BCUT2D eigenvalue weighted by Crippen LogP contribution is 2.56. The largest absolute Gasteiger partial charge is 1.00 e. The van der Waals surface area contributed by atoms with Crippen molar-refractivity contribution in [2.75, 3.05) is 20.4 Å². The summed E-state index contributed by atoms with van der Waals surface area (Å²) < 4.78 is 10.5. The van der Waals surface area contributed by atoms with E-state index in [1.807, 2.05) is 18.2 Å². The number of ether oxygens (including phenoxy) is 2. The molecule has 150 valence electrons. The molecule has 5 heteroatoms. The van der Waals surface area contributed by atoms with Crippen molar-refractivity contribution in [1.82, 2.24) is 0 Å². The molecule has 3 nitrogen and oxygen atoms in total. The van der Waals surface area contributed by atoms with Gasteiger partial charge in [-0.25, -0.2) is 4.79 Å². The van der Waals surface area contributed by atoms with E-state index in [1.54, 1.807) is 7.11 Å². The molecule has 29 heavy (non-hydrogen) atoms. The van der Waals surface area contributed by atoms with Crippen molar-refractivity contribution in [1.29, 1.82) is 0 Å². The van der Waals surface area contributed by atoms with Crippen LogP contribution in [0.25, 0.3) is 0 Å².